The van der Waals surface area contributed by atoms with Gasteiger partial charge in [-0.25, -0.2) is 0 Å². The molecule has 0 radical (unpaired) electrons. The Bertz CT molecular complexity index is 496. The van der Waals surface area contributed by atoms with E-state index in [9.17, 15) is 0 Å². The lowest BCUT2D eigenvalue weighted by Gasteiger charge is -2.35. The molecule has 1 aliphatic heterocycles. The quantitative estimate of drug-likeness (QED) is 0.847. The van der Waals surface area contributed by atoms with Gasteiger partial charge in [0, 0.05) is 37.3 Å². The van der Waals surface area contributed by atoms with Crippen molar-refractivity contribution in [3.8, 4) is 12.3 Å². The molecule has 1 aromatic carbocycles. The highest BCUT2D eigenvalue weighted by Crippen LogP contribution is 2.26. The molecule has 1 N–H and O–H groups in total. The molecule has 0 saturated carbocycles. The number of benzene rings is 1. The molecule has 120 valence electrons. The Morgan fingerprint density at radius 2 is 1.82 bits per heavy atom. The van der Waals surface area contributed by atoms with Gasteiger partial charge in [-0.2, -0.15) is 0 Å². The third kappa shape index (κ3) is 4.52. The van der Waals surface area contributed by atoms with Crippen molar-refractivity contribution < 1.29 is 0 Å². The van der Waals surface area contributed by atoms with E-state index in [0.29, 0.717) is 12.1 Å². The molecule has 2 nitrogen and oxygen atoms in total. The Labute approximate surface area is 136 Å². The van der Waals surface area contributed by atoms with Gasteiger partial charge in [0.2, 0.25) is 0 Å². The molecule has 2 heteroatoms. The summed E-state index contributed by atoms with van der Waals surface area (Å²) in [5.74, 6) is 2.74. The monoisotopic (exact) mass is 298 g/mol. The molecule has 0 aliphatic carbocycles. The van der Waals surface area contributed by atoms with Gasteiger partial charge in [-0.3, -0.25) is 0 Å². The van der Waals surface area contributed by atoms with E-state index in [-0.39, 0.29) is 5.41 Å². The summed E-state index contributed by atoms with van der Waals surface area (Å²) < 4.78 is 0. The first-order valence-corrected chi connectivity index (χ1v) is 8.45. The SMILES string of the molecule is C#CCC(C)NC1CCN(c2ccc(C(C)(C)C)cc2)CC1. The Balaban J connectivity index is 1.88. The van der Waals surface area contributed by atoms with Gasteiger partial charge in [0.25, 0.3) is 0 Å². The van der Waals surface area contributed by atoms with Crippen LogP contribution in [0.15, 0.2) is 24.3 Å². The molecule has 22 heavy (non-hydrogen) atoms. The number of nitrogens with zero attached hydrogens (tertiary/aromatic N) is 1. The molecule has 0 bridgehead atoms. The Hall–Kier alpha value is -1.46. The van der Waals surface area contributed by atoms with Gasteiger partial charge < -0.3 is 10.2 Å². The Morgan fingerprint density at radius 3 is 2.32 bits per heavy atom. The second-order valence-corrected chi connectivity index (χ2v) is 7.53. The summed E-state index contributed by atoms with van der Waals surface area (Å²) in [7, 11) is 0. The predicted molar refractivity (Wildman–Crippen MR) is 96.4 cm³/mol. The lowest BCUT2D eigenvalue weighted by Crippen LogP contribution is -2.45. The van der Waals surface area contributed by atoms with Crippen LogP contribution in [0.1, 0.15) is 52.5 Å². The van der Waals surface area contributed by atoms with Gasteiger partial charge in [0.15, 0.2) is 0 Å². The first-order chi connectivity index (χ1) is 10.4. The van der Waals surface area contributed by atoms with E-state index in [1.54, 1.807) is 0 Å². The highest BCUT2D eigenvalue weighted by molar-refractivity contribution is 5.49. The van der Waals surface area contributed by atoms with E-state index in [1.165, 1.54) is 24.1 Å². The second-order valence-electron chi connectivity index (χ2n) is 7.53. The maximum atomic E-state index is 5.38. The van der Waals surface area contributed by atoms with E-state index in [2.05, 4.69) is 68.1 Å². The van der Waals surface area contributed by atoms with Crippen molar-refractivity contribution >= 4 is 5.69 Å². The lowest BCUT2D eigenvalue weighted by atomic mass is 9.87. The van der Waals surface area contributed by atoms with Crippen LogP contribution in [0.2, 0.25) is 0 Å². The van der Waals surface area contributed by atoms with Crippen LogP contribution >= 0.6 is 0 Å². The van der Waals surface area contributed by atoms with Gasteiger partial charge in [-0.05, 0) is 42.9 Å². The number of anilines is 1. The maximum absolute atomic E-state index is 5.38. The molecule has 1 atom stereocenters. The molecule has 1 aliphatic rings. The van der Waals surface area contributed by atoms with E-state index >= 15 is 0 Å². The van der Waals surface area contributed by atoms with E-state index in [0.717, 1.165) is 19.5 Å². The Morgan fingerprint density at radius 1 is 1.23 bits per heavy atom. The van der Waals surface area contributed by atoms with E-state index < -0.39 is 0 Å². The summed E-state index contributed by atoms with van der Waals surface area (Å²) in [6.45, 7) is 11.2. The molecule has 1 heterocycles. The number of terminal acetylenes is 1. The molecular weight excluding hydrogens is 268 g/mol. The lowest BCUT2D eigenvalue weighted by molar-refractivity contribution is 0.379. The number of rotatable bonds is 4. The van der Waals surface area contributed by atoms with Crippen molar-refractivity contribution in [2.45, 2.75) is 64.5 Å². The summed E-state index contributed by atoms with van der Waals surface area (Å²) in [5.41, 5.74) is 2.97. The predicted octanol–water partition coefficient (Wildman–Crippen LogP) is 3.95. The molecule has 1 unspecified atom stereocenters. The summed E-state index contributed by atoms with van der Waals surface area (Å²) in [6, 6.07) is 10.1. The molecule has 2 rings (SSSR count). The van der Waals surface area contributed by atoms with Gasteiger partial charge in [0.1, 0.15) is 0 Å². The van der Waals surface area contributed by atoms with Crippen molar-refractivity contribution in [1.82, 2.24) is 5.32 Å². The van der Waals surface area contributed by atoms with Crippen LogP contribution < -0.4 is 10.2 Å². The third-order valence-corrected chi connectivity index (χ3v) is 4.54. The fourth-order valence-electron chi connectivity index (χ4n) is 3.11. The third-order valence-electron chi connectivity index (χ3n) is 4.54. The van der Waals surface area contributed by atoms with Crippen LogP contribution in [0, 0.1) is 12.3 Å². The molecular formula is C20H30N2. The van der Waals surface area contributed by atoms with Crippen LogP contribution in [0.3, 0.4) is 0 Å². The highest BCUT2D eigenvalue weighted by atomic mass is 15.1. The maximum Gasteiger partial charge on any atom is 0.0366 e. The summed E-state index contributed by atoms with van der Waals surface area (Å²) in [4.78, 5) is 2.50. The smallest absolute Gasteiger partial charge is 0.0366 e. The molecule has 0 amide bonds. The summed E-state index contributed by atoms with van der Waals surface area (Å²) in [5, 5.41) is 3.65. The zero-order chi connectivity index (χ0) is 16.2. The van der Waals surface area contributed by atoms with Gasteiger partial charge >= 0.3 is 0 Å². The molecule has 1 saturated heterocycles. The molecule has 0 aromatic heterocycles. The average Bonchev–Trinajstić information content (AvgIpc) is 2.47. The summed E-state index contributed by atoms with van der Waals surface area (Å²) >= 11 is 0. The first kappa shape index (κ1) is 16.9. The van der Waals surface area contributed by atoms with Crippen LogP contribution in [0.5, 0.6) is 0 Å². The number of nitrogens with one attached hydrogen (secondary N) is 1. The van der Waals surface area contributed by atoms with Crippen LogP contribution in [0.25, 0.3) is 0 Å². The fourth-order valence-corrected chi connectivity index (χ4v) is 3.11. The number of hydrogen-bond acceptors (Lipinski definition) is 2. The van der Waals surface area contributed by atoms with E-state index in [4.69, 9.17) is 6.42 Å². The number of hydrogen-bond donors (Lipinski definition) is 1. The average molecular weight is 298 g/mol. The summed E-state index contributed by atoms with van der Waals surface area (Å²) in [6.07, 6.45) is 8.57. The van der Waals surface area contributed by atoms with Crippen LogP contribution in [-0.4, -0.2) is 25.2 Å². The minimum absolute atomic E-state index is 0.225. The van der Waals surface area contributed by atoms with Crippen LogP contribution in [0.4, 0.5) is 5.69 Å². The van der Waals surface area contributed by atoms with E-state index in [1.807, 2.05) is 0 Å². The van der Waals surface area contributed by atoms with Crippen LogP contribution in [-0.2, 0) is 5.41 Å². The van der Waals surface area contributed by atoms with Crippen molar-refractivity contribution in [2.75, 3.05) is 18.0 Å². The fraction of sp³-hybridized carbons (Fsp3) is 0.600. The van der Waals surface area contributed by atoms with Crippen molar-refractivity contribution in [1.29, 1.82) is 0 Å². The zero-order valence-electron chi connectivity index (χ0n) is 14.5. The molecule has 0 spiro atoms. The van der Waals surface area contributed by atoms with Crippen molar-refractivity contribution in [2.24, 2.45) is 0 Å². The van der Waals surface area contributed by atoms with Crippen molar-refractivity contribution in [3.63, 3.8) is 0 Å². The van der Waals surface area contributed by atoms with Gasteiger partial charge in [0.05, 0.1) is 0 Å². The zero-order valence-corrected chi connectivity index (χ0v) is 14.5. The first-order valence-electron chi connectivity index (χ1n) is 8.45. The van der Waals surface area contributed by atoms with Gasteiger partial charge in [-0.15, -0.1) is 12.3 Å². The number of piperidine rings is 1. The van der Waals surface area contributed by atoms with Crippen molar-refractivity contribution in [3.05, 3.63) is 29.8 Å². The largest absolute Gasteiger partial charge is 0.371 e. The molecule has 1 fully saturated rings. The minimum atomic E-state index is 0.225. The minimum Gasteiger partial charge on any atom is -0.371 e. The second kappa shape index (κ2) is 7.20. The van der Waals surface area contributed by atoms with Gasteiger partial charge in [-0.1, -0.05) is 32.9 Å². The standard InChI is InChI=1S/C20H30N2/c1-6-7-16(2)21-18-12-14-22(15-13-18)19-10-8-17(9-11-19)20(3,4)5/h1,8-11,16,18,21H,7,12-15H2,2-5H3. The Kier molecular flexibility index (Phi) is 5.53. The topological polar surface area (TPSA) is 15.3 Å². The highest BCUT2D eigenvalue weighted by Gasteiger charge is 2.21. The molecule has 1 aromatic rings. The normalized spacial score (nSPS) is 18.0.